The van der Waals surface area contributed by atoms with Gasteiger partial charge in [0.15, 0.2) is 5.43 Å². The Morgan fingerprint density at radius 2 is 1.42 bits per heavy atom. The average molecular weight is 316 g/mol. The van der Waals surface area contributed by atoms with Crippen LogP contribution in [0.1, 0.15) is 0 Å². The Balaban J connectivity index is 1.89. The van der Waals surface area contributed by atoms with Gasteiger partial charge >= 0.3 is 0 Å². The van der Waals surface area contributed by atoms with Gasteiger partial charge in [-0.2, -0.15) is 0 Å². The van der Waals surface area contributed by atoms with Gasteiger partial charge in [-0.1, -0.05) is 48.5 Å². The van der Waals surface area contributed by atoms with Gasteiger partial charge in [-0.05, 0) is 35.4 Å². The summed E-state index contributed by atoms with van der Waals surface area (Å²) in [5, 5.41) is 0.528. The zero-order chi connectivity index (χ0) is 16.5. The van der Waals surface area contributed by atoms with Crippen molar-refractivity contribution in [2.45, 2.75) is 0 Å². The summed E-state index contributed by atoms with van der Waals surface area (Å²) in [5.74, 6) is 0.252. The maximum atomic E-state index is 13.1. The standard InChI is InChI=1S/C21H13FO2/c22-17-9-6-14(7-10-17)16-8-11-18-19(23)13-20(24-21(18)12-16)15-4-2-1-3-5-15/h1-13H. The first kappa shape index (κ1) is 14.4. The first-order valence-corrected chi connectivity index (χ1v) is 7.60. The van der Waals surface area contributed by atoms with E-state index < -0.39 is 0 Å². The van der Waals surface area contributed by atoms with E-state index in [2.05, 4.69) is 0 Å². The van der Waals surface area contributed by atoms with Crippen molar-refractivity contribution in [3.63, 3.8) is 0 Å². The molecular formula is C21H13FO2. The van der Waals surface area contributed by atoms with Crippen LogP contribution in [-0.4, -0.2) is 0 Å². The lowest BCUT2D eigenvalue weighted by Crippen LogP contribution is -2.00. The van der Waals surface area contributed by atoms with E-state index in [-0.39, 0.29) is 11.2 Å². The molecule has 0 radical (unpaired) electrons. The number of hydrogen-bond donors (Lipinski definition) is 0. The molecule has 24 heavy (non-hydrogen) atoms. The second-order valence-corrected chi connectivity index (χ2v) is 5.56. The quantitative estimate of drug-likeness (QED) is 0.504. The Kier molecular flexibility index (Phi) is 3.47. The second kappa shape index (κ2) is 5.78. The second-order valence-electron chi connectivity index (χ2n) is 5.56. The highest BCUT2D eigenvalue weighted by molar-refractivity contribution is 5.84. The van der Waals surface area contributed by atoms with Gasteiger partial charge < -0.3 is 4.42 Å². The first-order chi connectivity index (χ1) is 11.7. The minimum absolute atomic E-state index is 0.0826. The van der Waals surface area contributed by atoms with E-state index in [4.69, 9.17) is 4.42 Å². The fraction of sp³-hybridized carbons (Fsp3) is 0. The topological polar surface area (TPSA) is 30.2 Å². The molecule has 0 amide bonds. The van der Waals surface area contributed by atoms with Crippen LogP contribution in [-0.2, 0) is 0 Å². The number of fused-ring (bicyclic) bond motifs is 1. The molecule has 4 rings (SSSR count). The summed E-state index contributed by atoms with van der Waals surface area (Å²) in [4.78, 5) is 12.4. The van der Waals surface area contributed by atoms with Crippen LogP contribution in [0, 0.1) is 5.82 Å². The molecule has 0 N–H and O–H groups in total. The Labute approximate surface area is 137 Å². The van der Waals surface area contributed by atoms with Gasteiger partial charge in [-0.25, -0.2) is 4.39 Å². The third kappa shape index (κ3) is 2.61. The zero-order valence-corrected chi connectivity index (χ0v) is 12.7. The molecular weight excluding hydrogens is 303 g/mol. The molecule has 0 spiro atoms. The first-order valence-electron chi connectivity index (χ1n) is 7.60. The molecule has 1 aromatic heterocycles. The van der Waals surface area contributed by atoms with Gasteiger partial charge in [0, 0.05) is 11.6 Å². The van der Waals surface area contributed by atoms with E-state index in [1.165, 1.54) is 18.2 Å². The van der Waals surface area contributed by atoms with Crippen LogP contribution in [0.5, 0.6) is 0 Å². The number of hydrogen-bond acceptors (Lipinski definition) is 2. The third-order valence-electron chi connectivity index (χ3n) is 3.97. The van der Waals surface area contributed by atoms with Crippen molar-refractivity contribution in [2.24, 2.45) is 0 Å². The lowest BCUT2D eigenvalue weighted by atomic mass is 10.0. The Hall–Kier alpha value is -3.20. The van der Waals surface area contributed by atoms with Crippen molar-refractivity contribution in [3.05, 3.63) is 94.9 Å². The molecule has 0 aliphatic rings. The average Bonchev–Trinajstić information content (AvgIpc) is 2.62. The monoisotopic (exact) mass is 316 g/mol. The van der Waals surface area contributed by atoms with E-state index in [0.717, 1.165) is 16.7 Å². The Morgan fingerprint density at radius 3 is 2.17 bits per heavy atom. The smallest absolute Gasteiger partial charge is 0.193 e. The van der Waals surface area contributed by atoms with Gasteiger partial charge in [0.2, 0.25) is 0 Å². The molecule has 2 nitrogen and oxygen atoms in total. The van der Waals surface area contributed by atoms with E-state index in [0.29, 0.717) is 16.7 Å². The molecule has 4 aromatic rings. The van der Waals surface area contributed by atoms with Crippen LogP contribution >= 0.6 is 0 Å². The molecule has 0 saturated carbocycles. The molecule has 3 aromatic carbocycles. The van der Waals surface area contributed by atoms with Gasteiger partial charge in [0.1, 0.15) is 17.2 Å². The van der Waals surface area contributed by atoms with E-state index in [1.54, 1.807) is 18.2 Å². The normalized spacial score (nSPS) is 10.9. The summed E-state index contributed by atoms with van der Waals surface area (Å²) in [6.07, 6.45) is 0. The lowest BCUT2D eigenvalue weighted by molar-refractivity contribution is 0.619. The molecule has 116 valence electrons. The third-order valence-corrected chi connectivity index (χ3v) is 3.97. The number of halogens is 1. The fourth-order valence-electron chi connectivity index (χ4n) is 2.72. The van der Waals surface area contributed by atoms with Crippen molar-refractivity contribution in [3.8, 4) is 22.5 Å². The van der Waals surface area contributed by atoms with Crippen molar-refractivity contribution in [1.82, 2.24) is 0 Å². The molecule has 0 unspecified atom stereocenters. The molecule has 0 aliphatic heterocycles. The van der Waals surface area contributed by atoms with Gasteiger partial charge in [0.05, 0.1) is 5.39 Å². The Bertz CT molecular complexity index is 1060. The van der Waals surface area contributed by atoms with Crippen LogP contribution in [0.15, 0.2) is 88.1 Å². The summed E-state index contributed by atoms with van der Waals surface area (Å²) >= 11 is 0. The minimum Gasteiger partial charge on any atom is -0.456 e. The van der Waals surface area contributed by atoms with E-state index in [9.17, 15) is 9.18 Å². The molecule has 1 heterocycles. The zero-order valence-electron chi connectivity index (χ0n) is 12.7. The fourth-order valence-corrected chi connectivity index (χ4v) is 2.72. The van der Waals surface area contributed by atoms with Crippen LogP contribution in [0.2, 0.25) is 0 Å². The van der Waals surface area contributed by atoms with E-state index >= 15 is 0 Å². The largest absolute Gasteiger partial charge is 0.456 e. The van der Waals surface area contributed by atoms with Gasteiger partial charge in [0.25, 0.3) is 0 Å². The van der Waals surface area contributed by atoms with Gasteiger partial charge in [-0.15, -0.1) is 0 Å². The van der Waals surface area contributed by atoms with Crippen LogP contribution in [0.4, 0.5) is 4.39 Å². The van der Waals surface area contributed by atoms with Crippen LogP contribution in [0.3, 0.4) is 0 Å². The SMILES string of the molecule is O=c1cc(-c2ccccc2)oc2cc(-c3ccc(F)cc3)ccc12. The maximum absolute atomic E-state index is 13.1. The summed E-state index contributed by atoms with van der Waals surface area (Å²) in [6, 6.07) is 22.6. The van der Waals surface area contributed by atoms with Crippen molar-refractivity contribution in [2.75, 3.05) is 0 Å². The summed E-state index contributed by atoms with van der Waals surface area (Å²) in [7, 11) is 0. The molecule has 0 fully saturated rings. The lowest BCUT2D eigenvalue weighted by Gasteiger charge is -2.06. The van der Waals surface area contributed by atoms with Crippen molar-refractivity contribution < 1.29 is 8.81 Å². The minimum atomic E-state index is -0.280. The molecule has 0 bridgehead atoms. The van der Waals surface area contributed by atoms with Gasteiger partial charge in [-0.3, -0.25) is 4.79 Å². The molecule has 0 saturated heterocycles. The van der Waals surface area contributed by atoms with Crippen molar-refractivity contribution in [1.29, 1.82) is 0 Å². The predicted octanol–water partition coefficient (Wildman–Crippen LogP) is 5.27. The highest BCUT2D eigenvalue weighted by Gasteiger charge is 2.08. The molecule has 3 heteroatoms. The summed E-state index contributed by atoms with van der Waals surface area (Å²) in [6.45, 7) is 0. The summed E-state index contributed by atoms with van der Waals surface area (Å²) in [5.41, 5.74) is 3.02. The maximum Gasteiger partial charge on any atom is 0.193 e. The van der Waals surface area contributed by atoms with Crippen LogP contribution < -0.4 is 5.43 Å². The predicted molar refractivity (Wildman–Crippen MR) is 93.3 cm³/mol. The Morgan fingerprint density at radius 1 is 0.708 bits per heavy atom. The van der Waals surface area contributed by atoms with Crippen molar-refractivity contribution >= 4 is 11.0 Å². The van der Waals surface area contributed by atoms with Crippen LogP contribution in [0.25, 0.3) is 33.4 Å². The molecule has 0 atom stereocenters. The summed E-state index contributed by atoms with van der Waals surface area (Å²) < 4.78 is 19.0. The molecule has 0 aliphatic carbocycles. The van der Waals surface area contributed by atoms with E-state index in [1.807, 2.05) is 42.5 Å². The number of rotatable bonds is 2. The number of benzene rings is 3. The highest BCUT2D eigenvalue weighted by atomic mass is 19.1. The highest BCUT2D eigenvalue weighted by Crippen LogP contribution is 2.26.